The van der Waals surface area contributed by atoms with Crippen molar-refractivity contribution >= 4 is 52.4 Å². The molecule has 1 fully saturated rings. The first-order chi connectivity index (χ1) is 21.0. The Balaban J connectivity index is 1.49. The molecule has 0 atom stereocenters. The third-order valence-electron chi connectivity index (χ3n) is 7.04. The lowest BCUT2D eigenvalue weighted by molar-refractivity contribution is -0.182. The third kappa shape index (κ3) is 9.31. The fourth-order valence-corrected chi connectivity index (χ4v) is 5.38. The number of amidine groups is 1. The van der Waals surface area contributed by atoms with Gasteiger partial charge < -0.3 is 20.7 Å². The monoisotopic (exact) mass is 689 g/mol. The van der Waals surface area contributed by atoms with Crippen LogP contribution in [0.1, 0.15) is 53.6 Å². The predicted molar refractivity (Wildman–Crippen MR) is 148 cm³/mol. The Bertz CT molecular complexity index is 1460. The Morgan fingerprint density at radius 1 is 1.04 bits per heavy atom. The maximum Gasteiger partial charge on any atom is 0.397 e. The number of benzene rings is 1. The summed E-state index contributed by atoms with van der Waals surface area (Å²) in [6, 6.07) is 3.55. The fourth-order valence-electron chi connectivity index (χ4n) is 4.85. The maximum atomic E-state index is 13.1. The highest BCUT2D eigenvalue weighted by molar-refractivity contribution is 6.40. The predicted octanol–water partition coefficient (Wildman–Crippen LogP) is 7.15. The van der Waals surface area contributed by atoms with Gasteiger partial charge in [0, 0.05) is 24.6 Å². The highest BCUT2D eigenvalue weighted by Crippen LogP contribution is 2.39. The van der Waals surface area contributed by atoms with Crippen molar-refractivity contribution in [2.45, 2.75) is 69.9 Å². The van der Waals surface area contributed by atoms with Crippen molar-refractivity contribution in [1.82, 2.24) is 15.6 Å². The van der Waals surface area contributed by atoms with Gasteiger partial charge in [-0.1, -0.05) is 29.3 Å². The molecule has 2 aliphatic rings. The van der Waals surface area contributed by atoms with Gasteiger partial charge in [0.05, 0.1) is 21.7 Å². The van der Waals surface area contributed by atoms with Crippen molar-refractivity contribution in [3.05, 3.63) is 44.9 Å². The number of hydrogen-bond acceptors (Lipinski definition) is 6. The van der Waals surface area contributed by atoms with E-state index in [9.17, 15) is 44.7 Å². The number of amides is 2. The minimum Gasteiger partial charge on any atom is -0.471 e. The second-order valence-corrected chi connectivity index (χ2v) is 11.2. The standard InChI is InChI=1S/C27H25Cl2F8N5O3/c28-17-6-1-12(10-38-20(43)9-26(32,33)34)21(29)22(17)40-19-8-13-7-16(25(42-23(13)41-19)45-11-18(30)31)24(44)39-15-4-2-14(3-5-15)27(35,36)37/h1,6-7,14-15,18H,2-5,8-11H2,(H,38,43)(H,39,44)(H,40,41,42). The van der Waals surface area contributed by atoms with E-state index in [-0.39, 0.29) is 77.2 Å². The number of pyridine rings is 1. The van der Waals surface area contributed by atoms with Gasteiger partial charge in [0.15, 0.2) is 12.4 Å². The van der Waals surface area contributed by atoms with Gasteiger partial charge in [0.2, 0.25) is 11.8 Å². The van der Waals surface area contributed by atoms with Crippen molar-refractivity contribution in [1.29, 1.82) is 0 Å². The number of aromatic nitrogens is 1. The van der Waals surface area contributed by atoms with Gasteiger partial charge in [-0.2, -0.15) is 31.3 Å². The largest absolute Gasteiger partial charge is 0.471 e. The molecule has 4 rings (SSSR count). The summed E-state index contributed by atoms with van der Waals surface area (Å²) in [5.41, 5.74) is 0.500. The molecule has 2 heterocycles. The number of alkyl halides is 8. The second kappa shape index (κ2) is 13.9. The molecule has 45 heavy (non-hydrogen) atoms. The molecule has 3 N–H and O–H groups in total. The molecule has 2 amide bonds. The number of anilines is 1. The molecule has 8 nitrogen and oxygen atoms in total. The van der Waals surface area contributed by atoms with Crippen molar-refractivity contribution < 1.29 is 49.4 Å². The molecule has 1 aliphatic heterocycles. The SMILES string of the molecule is O=C(CC(F)(F)F)NCc1ccc(Cl)c(NC2=Nc3nc(OCC(F)F)c(C(=O)NC4CCC(C(F)(F)F)CC4)cc3C2)c1Cl. The molecule has 246 valence electrons. The molecule has 18 heteroatoms. The molecule has 1 aromatic heterocycles. The number of nitrogens with zero attached hydrogens (tertiary/aromatic N) is 2. The van der Waals surface area contributed by atoms with Crippen LogP contribution in [0, 0.1) is 5.92 Å². The number of hydrogen-bond donors (Lipinski definition) is 3. The first-order valence-electron chi connectivity index (χ1n) is 13.5. The van der Waals surface area contributed by atoms with Crippen LogP contribution in [0.2, 0.25) is 10.0 Å². The molecule has 0 spiro atoms. The van der Waals surface area contributed by atoms with Crippen LogP contribution in [0.3, 0.4) is 0 Å². The molecular formula is C27H25Cl2F8N5O3. The van der Waals surface area contributed by atoms with E-state index < -0.39 is 61.5 Å². The molecule has 1 aromatic carbocycles. The summed E-state index contributed by atoms with van der Waals surface area (Å²) in [7, 11) is 0. The van der Waals surface area contributed by atoms with Crippen molar-refractivity contribution in [3.8, 4) is 5.88 Å². The fraction of sp³-hybridized carbons (Fsp3) is 0.481. The smallest absolute Gasteiger partial charge is 0.397 e. The summed E-state index contributed by atoms with van der Waals surface area (Å²) in [5.74, 6) is -3.72. The van der Waals surface area contributed by atoms with Crippen molar-refractivity contribution in [2.75, 3.05) is 11.9 Å². The van der Waals surface area contributed by atoms with Crippen LogP contribution in [0.25, 0.3) is 0 Å². The Morgan fingerprint density at radius 3 is 2.36 bits per heavy atom. The van der Waals surface area contributed by atoms with Crippen LogP contribution in [0.5, 0.6) is 5.88 Å². The summed E-state index contributed by atoms with van der Waals surface area (Å²) in [6.45, 7) is -1.43. The summed E-state index contributed by atoms with van der Waals surface area (Å²) < 4.78 is 107. The van der Waals surface area contributed by atoms with Crippen LogP contribution in [-0.4, -0.2) is 54.1 Å². The highest BCUT2D eigenvalue weighted by atomic mass is 35.5. The first kappa shape index (κ1) is 34.5. The number of rotatable bonds is 9. The quantitative estimate of drug-likeness (QED) is 0.243. The van der Waals surface area contributed by atoms with Crippen molar-refractivity contribution in [2.24, 2.45) is 10.9 Å². The van der Waals surface area contributed by atoms with Gasteiger partial charge in [-0.05, 0) is 43.4 Å². The lowest BCUT2D eigenvalue weighted by Gasteiger charge is -2.30. The molecule has 0 saturated heterocycles. The first-order valence-corrected chi connectivity index (χ1v) is 14.2. The Hall–Kier alpha value is -3.40. The summed E-state index contributed by atoms with van der Waals surface area (Å²) in [6.07, 6.45) is -13.8. The van der Waals surface area contributed by atoms with E-state index in [1.165, 1.54) is 18.2 Å². The van der Waals surface area contributed by atoms with E-state index in [1.54, 1.807) is 0 Å². The number of nitrogens with one attached hydrogen (secondary N) is 3. The average Bonchev–Trinajstić information content (AvgIpc) is 3.33. The number of ether oxygens (including phenoxy) is 1. The Labute approximate surface area is 260 Å². The van der Waals surface area contributed by atoms with E-state index in [0.29, 0.717) is 5.56 Å². The van der Waals surface area contributed by atoms with Crippen LogP contribution >= 0.6 is 23.2 Å². The van der Waals surface area contributed by atoms with Crippen LogP contribution in [0.4, 0.5) is 46.6 Å². The lowest BCUT2D eigenvalue weighted by atomic mass is 9.85. The average molecular weight is 690 g/mol. The molecule has 2 aromatic rings. The highest BCUT2D eigenvalue weighted by Gasteiger charge is 2.41. The maximum absolute atomic E-state index is 13.1. The van der Waals surface area contributed by atoms with E-state index in [1.807, 2.05) is 0 Å². The number of aliphatic imine (C=N–C) groups is 1. The third-order valence-corrected chi connectivity index (χ3v) is 7.78. The molecule has 0 unspecified atom stereocenters. The van der Waals surface area contributed by atoms with Gasteiger partial charge in [0.1, 0.15) is 17.8 Å². The van der Waals surface area contributed by atoms with E-state index in [2.05, 4.69) is 25.9 Å². The zero-order valence-electron chi connectivity index (χ0n) is 23.0. The van der Waals surface area contributed by atoms with E-state index in [4.69, 9.17) is 27.9 Å². The number of fused-ring (bicyclic) bond motifs is 1. The lowest BCUT2D eigenvalue weighted by Crippen LogP contribution is -2.40. The second-order valence-electron chi connectivity index (χ2n) is 10.4. The number of halogens is 10. The normalized spacial score (nSPS) is 18.3. The molecule has 1 saturated carbocycles. The van der Waals surface area contributed by atoms with Gasteiger partial charge in [-0.25, -0.2) is 13.8 Å². The van der Waals surface area contributed by atoms with E-state index in [0.717, 1.165) is 0 Å². The van der Waals surface area contributed by atoms with Crippen molar-refractivity contribution in [3.63, 3.8) is 0 Å². The number of carbonyl (C=O) groups excluding carboxylic acids is 2. The molecule has 1 aliphatic carbocycles. The minimum absolute atomic E-state index is 0.0202. The molecule has 0 bridgehead atoms. The summed E-state index contributed by atoms with van der Waals surface area (Å²) in [5, 5.41) is 7.72. The zero-order valence-corrected chi connectivity index (χ0v) is 24.5. The van der Waals surface area contributed by atoms with Gasteiger partial charge in [-0.15, -0.1) is 0 Å². The molecular weight excluding hydrogens is 665 g/mol. The summed E-state index contributed by atoms with van der Waals surface area (Å²) >= 11 is 12.7. The number of carbonyl (C=O) groups is 2. The van der Waals surface area contributed by atoms with Crippen LogP contribution in [0.15, 0.2) is 23.2 Å². The van der Waals surface area contributed by atoms with Gasteiger partial charge in [0.25, 0.3) is 12.3 Å². The van der Waals surface area contributed by atoms with Crippen LogP contribution in [-0.2, 0) is 17.8 Å². The van der Waals surface area contributed by atoms with Gasteiger partial charge in [-0.3, -0.25) is 9.59 Å². The Kier molecular flexibility index (Phi) is 10.7. The topological polar surface area (TPSA) is 105 Å². The molecule has 0 radical (unpaired) electrons. The summed E-state index contributed by atoms with van der Waals surface area (Å²) in [4.78, 5) is 33.1. The van der Waals surface area contributed by atoms with Crippen LogP contribution < -0.4 is 20.7 Å². The zero-order chi connectivity index (χ0) is 33.1. The Morgan fingerprint density at radius 2 is 1.73 bits per heavy atom. The minimum atomic E-state index is -4.69. The van der Waals surface area contributed by atoms with E-state index >= 15 is 0 Å². The van der Waals surface area contributed by atoms with Gasteiger partial charge >= 0.3 is 12.4 Å².